The van der Waals surface area contributed by atoms with E-state index >= 15 is 0 Å². The molecule has 0 aliphatic carbocycles. The molecule has 0 N–H and O–H groups in total. The van der Waals surface area contributed by atoms with Crippen molar-refractivity contribution in [2.75, 3.05) is 21.1 Å². The topological polar surface area (TPSA) is 0 Å². The summed E-state index contributed by atoms with van der Waals surface area (Å²) in [5.41, 5.74) is 0.472. The van der Waals surface area contributed by atoms with Crippen molar-refractivity contribution in [3.8, 4) is 0 Å². The van der Waals surface area contributed by atoms with Crippen LogP contribution in [0, 0.1) is 11.3 Å². The Hall–Kier alpha value is -0.0400. The minimum Gasteiger partial charge on any atom is -0.328 e. The van der Waals surface area contributed by atoms with Gasteiger partial charge in [0.15, 0.2) is 0 Å². The van der Waals surface area contributed by atoms with Gasteiger partial charge in [-0.3, -0.25) is 0 Å². The molecular weight excluding hydrogens is 170 g/mol. The first-order valence-electron chi connectivity index (χ1n) is 5.98. The highest BCUT2D eigenvalue weighted by Gasteiger charge is 2.37. The van der Waals surface area contributed by atoms with E-state index in [9.17, 15) is 0 Å². The Balaban J connectivity index is 4.73. The van der Waals surface area contributed by atoms with Crippen LogP contribution in [0.5, 0.6) is 0 Å². The zero-order chi connectivity index (χ0) is 11.6. The van der Waals surface area contributed by atoms with Gasteiger partial charge < -0.3 is 4.48 Å². The summed E-state index contributed by atoms with van der Waals surface area (Å²) in [5, 5.41) is 0. The molecule has 0 aromatic rings. The molecule has 0 aliphatic heterocycles. The molecule has 0 aliphatic rings. The zero-order valence-electron chi connectivity index (χ0n) is 11.5. The molecule has 86 valence electrons. The lowest BCUT2D eigenvalue weighted by molar-refractivity contribution is -0.899. The second-order valence-corrected chi connectivity index (χ2v) is 6.21. The summed E-state index contributed by atoms with van der Waals surface area (Å²) >= 11 is 0. The van der Waals surface area contributed by atoms with Crippen LogP contribution in [-0.4, -0.2) is 31.7 Å². The van der Waals surface area contributed by atoms with Crippen molar-refractivity contribution in [2.24, 2.45) is 11.3 Å². The molecule has 0 rings (SSSR count). The highest BCUT2D eigenvalue weighted by Crippen LogP contribution is 2.37. The second-order valence-electron chi connectivity index (χ2n) is 6.21. The van der Waals surface area contributed by atoms with Crippen molar-refractivity contribution >= 4 is 0 Å². The monoisotopic (exact) mass is 200 g/mol. The fourth-order valence-corrected chi connectivity index (χ4v) is 2.35. The van der Waals surface area contributed by atoms with Gasteiger partial charge in [0.1, 0.15) is 0 Å². The maximum absolute atomic E-state index is 2.41. The number of nitrogens with zero attached hydrogens (tertiary/aromatic N) is 1. The summed E-state index contributed by atoms with van der Waals surface area (Å²) in [5.74, 6) is 0.812. The fourth-order valence-electron chi connectivity index (χ4n) is 2.35. The van der Waals surface area contributed by atoms with E-state index in [0.29, 0.717) is 5.41 Å². The molecule has 1 heteroatoms. The van der Waals surface area contributed by atoms with E-state index in [-0.39, 0.29) is 0 Å². The molecule has 0 saturated heterocycles. The predicted molar refractivity (Wildman–Crippen MR) is 65.3 cm³/mol. The number of rotatable bonds is 5. The standard InChI is InChI=1S/C13H30N/c1-9-12(13(4,5)10-2)11(3)14(6,7)8/h11-12H,9-10H2,1-8H3/q+1/t11-,12?/m1/s1. The van der Waals surface area contributed by atoms with Gasteiger partial charge in [-0.05, 0) is 18.8 Å². The molecule has 0 fully saturated rings. The first-order valence-corrected chi connectivity index (χ1v) is 5.98. The molecule has 0 amide bonds. The van der Waals surface area contributed by atoms with E-state index < -0.39 is 0 Å². The summed E-state index contributed by atoms with van der Waals surface area (Å²) in [4.78, 5) is 0. The number of hydrogen-bond acceptors (Lipinski definition) is 0. The van der Waals surface area contributed by atoms with Gasteiger partial charge in [0, 0.05) is 5.92 Å². The van der Waals surface area contributed by atoms with Gasteiger partial charge in [0.2, 0.25) is 0 Å². The summed E-state index contributed by atoms with van der Waals surface area (Å²) < 4.78 is 1.07. The van der Waals surface area contributed by atoms with Crippen molar-refractivity contribution in [3.05, 3.63) is 0 Å². The minimum atomic E-state index is 0.472. The quantitative estimate of drug-likeness (QED) is 0.595. The van der Waals surface area contributed by atoms with Crippen molar-refractivity contribution in [2.45, 2.75) is 53.5 Å². The fraction of sp³-hybridized carbons (Fsp3) is 1.00. The Morgan fingerprint density at radius 2 is 1.50 bits per heavy atom. The average Bonchev–Trinajstić information content (AvgIpc) is 2.03. The van der Waals surface area contributed by atoms with Crippen LogP contribution >= 0.6 is 0 Å². The van der Waals surface area contributed by atoms with Crippen molar-refractivity contribution < 1.29 is 4.48 Å². The molecule has 0 radical (unpaired) electrons. The third kappa shape index (κ3) is 3.27. The van der Waals surface area contributed by atoms with Crippen LogP contribution in [0.1, 0.15) is 47.5 Å². The Bertz CT molecular complexity index is 165. The van der Waals surface area contributed by atoms with E-state index in [1.807, 2.05) is 0 Å². The third-order valence-electron chi connectivity index (χ3n) is 4.16. The Morgan fingerprint density at radius 3 is 1.71 bits per heavy atom. The highest BCUT2D eigenvalue weighted by atomic mass is 15.3. The molecule has 0 heterocycles. The van der Waals surface area contributed by atoms with Crippen molar-refractivity contribution in [3.63, 3.8) is 0 Å². The van der Waals surface area contributed by atoms with E-state index in [0.717, 1.165) is 16.4 Å². The lowest BCUT2D eigenvalue weighted by Crippen LogP contribution is -2.51. The number of hydrogen-bond donors (Lipinski definition) is 0. The van der Waals surface area contributed by atoms with Crippen molar-refractivity contribution in [1.82, 2.24) is 0 Å². The molecule has 0 spiro atoms. The predicted octanol–water partition coefficient (Wildman–Crippen LogP) is 3.54. The van der Waals surface area contributed by atoms with Crippen LogP contribution in [0.4, 0.5) is 0 Å². The Morgan fingerprint density at radius 1 is 1.07 bits per heavy atom. The summed E-state index contributed by atoms with van der Waals surface area (Å²) in [7, 11) is 6.91. The molecule has 2 atom stereocenters. The molecule has 0 saturated carbocycles. The van der Waals surface area contributed by atoms with Gasteiger partial charge in [0.25, 0.3) is 0 Å². The lowest BCUT2D eigenvalue weighted by Gasteiger charge is -2.43. The molecular formula is C13H30N+. The van der Waals surface area contributed by atoms with E-state index in [1.54, 1.807) is 0 Å². The molecule has 0 bridgehead atoms. The zero-order valence-corrected chi connectivity index (χ0v) is 11.5. The summed E-state index contributed by atoms with van der Waals surface area (Å²) in [6, 6.07) is 0.731. The molecule has 1 nitrogen and oxygen atoms in total. The maximum Gasteiger partial charge on any atom is 0.0889 e. The second kappa shape index (κ2) is 4.65. The van der Waals surface area contributed by atoms with Crippen LogP contribution in [-0.2, 0) is 0 Å². The van der Waals surface area contributed by atoms with Crippen molar-refractivity contribution in [1.29, 1.82) is 0 Å². The van der Waals surface area contributed by atoms with Gasteiger partial charge in [0.05, 0.1) is 27.2 Å². The largest absolute Gasteiger partial charge is 0.328 e. The van der Waals surface area contributed by atoms with E-state index in [1.165, 1.54) is 12.8 Å². The molecule has 14 heavy (non-hydrogen) atoms. The molecule has 0 aromatic carbocycles. The van der Waals surface area contributed by atoms with Gasteiger partial charge in [-0.25, -0.2) is 0 Å². The van der Waals surface area contributed by atoms with Crippen LogP contribution in [0.25, 0.3) is 0 Å². The number of quaternary nitrogens is 1. The highest BCUT2D eigenvalue weighted by molar-refractivity contribution is 4.80. The maximum atomic E-state index is 2.41. The molecule has 1 unspecified atom stereocenters. The third-order valence-corrected chi connectivity index (χ3v) is 4.16. The van der Waals surface area contributed by atoms with Crippen LogP contribution in [0.2, 0.25) is 0 Å². The first kappa shape index (κ1) is 14.0. The lowest BCUT2D eigenvalue weighted by atomic mass is 9.71. The SMILES string of the molecule is CCC([C@@H](C)[N+](C)(C)C)C(C)(C)CC. The summed E-state index contributed by atoms with van der Waals surface area (Å²) in [6.45, 7) is 11.9. The first-order chi connectivity index (χ1) is 6.16. The van der Waals surface area contributed by atoms with Gasteiger partial charge in [-0.15, -0.1) is 0 Å². The van der Waals surface area contributed by atoms with Crippen LogP contribution in [0.15, 0.2) is 0 Å². The van der Waals surface area contributed by atoms with Crippen LogP contribution in [0.3, 0.4) is 0 Å². The molecule has 0 aromatic heterocycles. The van der Waals surface area contributed by atoms with E-state index in [2.05, 4.69) is 55.8 Å². The minimum absolute atomic E-state index is 0.472. The smallest absolute Gasteiger partial charge is 0.0889 e. The van der Waals surface area contributed by atoms with E-state index in [4.69, 9.17) is 0 Å². The average molecular weight is 200 g/mol. The van der Waals surface area contributed by atoms with Gasteiger partial charge in [-0.2, -0.15) is 0 Å². The van der Waals surface area contributed by atoms with Crippen LogP contribution < -0.4 is 0 Å². The Labute approximate surface area is 91.1 Å². The summed E-state index contributed by atoms with van der Waals surface area (Å²) in [6.07, 6.45) is 2.56. The van der Waals surface area contributed by atoms with Gasteiger partial charge in [-0.1, -0.05) is 34.1 Å². The Kier molecular flexibility index (Phi) is 4.64. The normalized spacial score (nSPS) is 18.0. The van der Waals surface area contributed by atoms with Gasteiger partial charge >= 0.3 is 0 Å².